The van der Waals surface area contributed by atoms with E-state index in [0.29, 0.717) is 11.1 Å². The molecule has 0 bridgehead atoms. The lowest BCUT2D eigenvalue weighted by Crippen LogP contribution is -2.03. The molecule has 0 unspecified atom stereocenters. The quantitative estimate of drug-likeness (QED) is 0.586. The maximum absolute atomic E-state index is 4.55. The molecule has 0 radical (unpaired) electrons. The molecule has 0 saturated carbocycles. The minimum Gasteiger partial charge on any atom is -0.354 e. The highest BCUT2D eigenvalue weighted by Gasteiger charge is 2.09. The summed E-state index contributed by atoms with van der Waals surface area (Å²) in [4.78, 5) is 17.5. The van der Waals surface area contributed by atoms with E-state index in [9.17, 15) is 0 Å². The summed E-state index contributed by atoms with van der Waals surface area (Å²) < 4.78 is 0. The Labute approximate surface area is 120 Å². The highest BCUT2D eigenvalue weighted by molar-refractivity contribution is 7.99. The van der Waals surface area contributed by atoms with Gasteiger partial charge >= 0.3 is 0 Å². The molecule has 0 aliphatic carbocycles. The van der Waals surface area contributed by atoms with Crippen molar-refractivity contribution in [3.63, 3.8) is 0 Å². The third-order valence-electron chi connectivity index (χ3n) is 2.63. The Kier molecular flexibility index (Phi) is 3.73. The third-order valence-corrected chi connectivity index (χ3v) is 3.53. The van der Waals surface area contributed by atoms with Gasteiger partial charge in [0.1, 0.15) is 5.03 Å². The van der Waals surface area contributed by atoms with Gasteiger partial charge in [0.15, 0.2) is 5.16 Å². The second-order valence-corrected chi connectivity index (χ2v) is 4.99. The Morgan fingerprint density at radius 1 is 1.05 bits per heavy atom. The van der Waals surface area contributed by atoms with Crippen LogP contribution in [-0.4, -0.2) is 26.5 Å². The minimum atomic E-state index is 0.629. The highest BCUT2D eigenvalue weighted by Crippen LogP contribution is 2.29. The van der Waals surface area contributed by atoms with E-state index >= 15 is 0 Å². The third kappa shape index (κ3) is 2.70. The number of benzene rings is 1. The van der Waals surface area contributed by atoms with Crippen molar-refractivity contribution in [1.82, 2.24) is 19.9 Å². The molecule has 6 heteroatoms. The fourth-order valence-corrected chi connectivity index (χ4v) is 2.60. The van der Waals surface area contributed by atoms with Gasteiger partial charge in [-0.05, 0) is 30.8 Å². The topological polar surface area (TPSA) is 63.6 Å². The van der Waals surface area contributed by atoms with Crippen LogP contribution in [0.1, 0.15) is 6.92 Å². The molecule has 0 amide bonds. The lowest BCUT2D eigenvalue weighted by molar-refractivity contribution is 0.959. The molecule has 2 aromatic heterocycles. The summed E-state index contributed by atoms with van der Waals surface area (Å²) in [5.74, 6) is 0.629. The summed E-state index contributed by atoms with van der Waals surface area (Å²) >= 11 is 1.44. The molecule has 3 aromatic rings. The molecule has 1 N–H and O–H groups in total. The molecule has 1 aromatic carbocycles. The van der Waals surface area contributed by atoms with Crippen molar-refractivity contribution in [2.75, 3.05) is 11.9 Å². The van der Waals surface area contributed by atoms with Gasteiger partial charge in [0.05, 0.1) is 5.52 Å². The second kappa shape index (κ2) is 5.83. The van der Waals surface area contributed by atoms with Crippen molar-refractivity contribution < 1.29 is 0 Å². The summed E-state index contributed by atoms with van der Waals surface area (Å²) in [5, 5.41) is 5.69. The molecule has 5 nitrogen and oxygen atoms in total. The minimum absolute atomic E-state index is 0.629. The summed E-state index contributed by atoms with van der Waals surface area (Å²) in [6.45, 7) is 2.80. The lowest BCUT2D eigenvalue weighted by atomic mass is 10.2. The number of nitrogens with one attached hydrogen (secondary N) is 1. The predicted octanol–water partition coefficient (Wildman–Crippen LogP) is 3.00. The molecular weight excluding hydrogens is 270 g/mol. The fourth-order valence-electron chi connectivity index (χ4n) is 1.79. The Bertz CT molecular complexity index is 717. The lowest BCUT2D eigenvalue weighted by Gasteiger charge is -2.07. The van der Waals surface area contributed by atoms with Gasteiger partial charge in [-0.1, -0.05) is 18.2 Å². The van der Waals surface area contributed by atoms with Crippen LogP contribution < -0.4 is 5.32 Å². The van der Waals surface area contributed by atoms with E-state index in [1.807, 2.05) is 31.2 Å². The zero-order valence-corrected chi connectivity index (χ0v) is 11.8. The molecule has 0 aliphatic heterocycles. The van der Waals surface area contributed by atoms with Crippen molar-refractivity contribution in [2.24, 2.45) is 0 Å². The number of nitrogens with zero attached hydrogens (tertiary/aromatic N) is 4. The van der Waals surface area contributed by atoms with Crippen LogP contribution in [0.25, 0.3) is 10.9 Å². The number of rotatable bonds is 4. The average molecular weight is 283 g/mol. The number of aromatic nitrogens is 4. The van der Waals surface area contributed by atoms with E-state index in [0.717, 1.165) is 22.5 Å². The van der Waals surface area contributed by atoms with E-state index in [1.54, 1.807) is 18.5 Å². The van der Waals surface area contributed by atoms with Gasteiger partial charge in [-0.25, -0.2) is 19.9 Å². The van der Waals surface area contributed by atoms with Crippen LogP contribution in [0.15, 0.2) is 52.9 Å². The maximum Gasteiger partial charge on any atom is 0.224 e. The van der Waals surface area contributed by atoms with E-state index in [2.05, 4.69) is 25.3 Å². The first kappa shape index (κ1) is 12.8. The van der Waals surface area contributed by atoms with Gasteiger partial charge in [-0.15, -0.1) is 0 Å². The summed E-state index contributed by atoms with van der Waals surface area (Å²) in [5.41, 5.74) is 0.914. The number of fused-ring (bicyclic) bond motifs is 1. The normalized spacial score (nSPS) is 10.7. The van der Waals surface area contributed by atoms with E-state index in [1.165, 1.54) is 11.8 Å². The van der Waals surface area contributed by atoms with Crippen LogP contribution in [-0.2, 0) is 0 Å². The molecule has 100 valence electrons. The van der Waals surface area contributed by atoms with Crippen molar-refractivity contribution >= 4 is 28.6 Å². The first-order chi connectivity index (χ1) is 9.86. The Morgan fingerprint density at radius 2 is 1.85 bits per heavy atom. The first-order valence-corrected chi connectivity index (χ1v) is 7.14. The van der Waals surface area contributed by atoms with Crippen LogP contribution >= 0.6 is 11.8 Å². The molecule has 0 saturated heterocycles. The van der Waals surface area contributed by atoms with E-state index < -0.39 is 0 Å². The van der Waals surface area contributed by atoms with Crippen LogP contribution in [0.5, 0.6) is 0 Å². The maximum atomic E-state index is 4.55. The highest BCUT2D eigenvalue weighted by atomic mass is 32.2. The zero-order chi connectivity index (χ0) is 13.8. The summed E-state index contributed by atoms with van der Waals surface area (Å²) in [7, 11) is 0. The van der Waals surface area contributed by atoms with Gasteiger partial charge in [0.25, 0.3) is 0 Å². The number of hydrogen-bond donors (Lipinski definition) is 1. The largest absolute Gasteiger partial charge is 0.354 e. The van der Waals surface area contributed by atoms with Crippen LogP contribution in [0.4, 0.5) is 5.95 Å². The first-order valence-electron chi connectivity index (χ1n) is 6.32. The standard InChI is InChI=1S/C14H13N5S/c1-2-15-13-18-11-7-4-3-6-10(11)12(19-13)20-14-16-8-5-9-17-14/h3-9H,2H2,1H3,(H,15,18,19). The number of anilines is 1. The summed E-state index contributed by atoms with van der Waals surface area (Å²) in [6, 6.07) is 9.74. The van der Waals surface area contributed by atoms with Crippen molar-refractivity contribution in [3.05, 3.63) is 42.7 Å². The van der Waals surface area contributed by atoms with Gasteiger partial charge in [0.2, 0.25) is 5.95 Å². The molecule has 0 spiro atoms. The Morgan fingerprint density at radius 3 is 2.65 bits per heavy atom. The fraction of sp³-hybridized carbons (Fsp3) is 0.143. The van der Waals surface area contributed by atoms with Gasteiger partial charge < -0.3 is 5.32 Å². The summed E-state index contributed by atoms with van der Waals surface area (Å²) in [6.07, 6.45) is 3.45. The van der Waals surface area contributed by atoms with Crippen LogP contribution in [0.3, 0.4) is 0 Å². The van der Waals surface area contributed by atoms with E-state index in [4.69, 9.17) is 0 Å². The SMILES string of the molecule is CCNc1nc(Sc2ncccn2)c2ccccc2n1. The monoisotopic (exact) mass is 283 g/mol. The molecular formula is C14H13N5S. The number of hydrogen-bond acceptors (Lipinski definition) is 6. The molecule has 0 aliphatic rings. The molecule has 3 rings (SSSR count). The van der Waals surface area contributed by atoms with Gasteiger partial charge in [-0.3, -0.25) is 0 Å². The van der Waals surface area contributed by atoms with Crippen LogP contribution in [0, 0.1) is 0 Å². The average Bonchev–Trinajstić information content (AvgIpc) is 2.49. The zero-order valence-electron chi connectivity index (χ0n) is 10.9. The molecule has 0 fully saturated rings. The second-order valence-electron chi connectivity index (χ2n) is 4.03. The van der Waals surface area contributed by atoms with E-state index in [-0.39, 0.29) is 0 Å². The Balaban J connectivity index is 2.07. The van der Waals surface area contributed by atoms with Crippen molar-refractivity contribution in [1.29, 1.82) is 0 Å². The Hall–Kier alpha value is -2.21. The predicted molar refractivity (Wildman–Crippen MR) is 79.9 cm³/mol. The van der Waals surface area contributed by atoms with Crippen LogP contribution in [0.2, 0.25) is 0 Å². The van der Waals surface area contributed by atoms with Crippen molar-refractivity contribution in [2.45, 2.75) is 17.1 Å². The van der Waals surface area contributed by atoms with Gasteiger partial charge in [-0.2, -0.15) is 0 Å². The van der Waals surface area contributed by atoms with Gasteiger partial charge in [0, 0.05) is 24.3 Å². The molecule has 20 heavy (non-hydrogen) atoms. The smallest absolute Gasteiger partial charge is 0.224 e. The molecule has 2 heterocycles. The number of para-hydroxylation sites is 1. The van der Waals surface area contributed by atoms with Crippen molar-refractivity contribution in [3.8, 4) is 0 Å². The molecule has 0 atom stereocenters.